The van der Waals surface area contributed by atoms with Crippen LogP contribution in [0.1, 0.15) is 70.9 Å². The first kappa shape index (κ1) is 33.2. The zero-order chi connectivity index (χ0) is 32.7. The van der Waals surface area contributed by atoms with Crippen LogP contribution in [0.4, 0.5) is 13.2 Å². The molecule has 5 nitrogen and oxygen atoms in total. The number of halogens is 3. The summed E-state index contributed by atoms with van der Waals surface area (Å²) in [5, 5.41) is 0. The van der Waals surface area contributed by atoms with Gasteiger partial charge >= 0.3 is 12.1 Å². The first-order valence-electron chi connectivity index (χ1n) is 15.4. The van der Waals surface area contributed by atoms with Crippen molar-refractivity contribution in [2.75, 3.05) is 14.2 Å². The Balaban J connectivity index is 1.66. The molecule has 2 aliphatic heterocycles. The van der Waals surface area contributed by atoms with Crippen molar-refractivity contribution >= 4 is 5.97 Å². The summed E-state index contributed by atoms with van der Waals surface area (Å²) in [6.07, 6.45) is 3.97. The highest BCUT2D eigenvalue weighted by atomic mass is 19.4. The van der Waals surface area contributed by atoms with Gasteiger partial charge in [0.05, 0.1) is 11.0 Å². The Morgan fingerprint density at radius 2 is 1.49 bits per heavy atom. The van der Waals surface area contributed by atoms with Crippen molar-refractivity contribution in [3.63, 3.8) is 0 Å². The number of allylic oxidation sites excluding steroid dienone is 5. The monoisotopic (exact) mass is 624 g/mol. The molecule has 5 rings (SSSR count). The van der Waals surface area contributed by atoms with E-state index in [2.05, 4.69) is 24.3 Å². The summed E-state index contributed by atoms with van der Waals surface area (Å²) in [6.45, 7) is 8.03. The summed E-state index contributed by atoms with van der Waals surface area (Å²) >= 11 is 0. The summed E-state index contributed by atoms with van der Waals surface area (Å²) in [6, 6.07) is 17.1. The van der Waals surface area contributed by atoms with Crippen LogP contribution in [0.15, 0.2) is 95.8 Å². The molecule has 0 radical (unpaired) electrons. The Morgan fingerprint density at radius 3 is 2.04 bits per heavy atom. The van der Waals surface area contributed by atoms with Crippen molar-refractivity contribution in [1.29, 1.82) is 0 Å². The summed E-state index contributed by atoms with van der Waals surface area (Å²) < 4.78 is 69.0. The molecular weight excluding hydrogens is 581 g/mol. The van der Waals surface area contributed by atoms with Crippen molar-refractivity contribution in [3.8, 4) is 0 Å². The maximum atomic E-state index is 14.8. The molecule has 2 fully saturated rings. The normalized spacial score (nSPS) is 29.8. The van der Waals surface area contributed by atoms with Gasteiger partial charge in [-0.05, 0) is 65.0 Å². The number of hydrogen-bond acceptors (Lipinski definition) is 5. The van der Waals surface area contributed by atoms with Gasteiger partial charge in [-0.2, -0.15) is 13.2 Å². The number of carbonyl (C=O) groups excluding carboxylic acids is 1. The summed E-state index contributed by atoms with van der Waals surface area (Å²) in [4.78, 5) is 13.8. The minimum atomic E-state index is -5.08. The van der Waals surface area contributed by atoms with E-state index in [4.69, 9.17) is 18.9 Å². The van der Waals surface area contributed by atoms with Gasteiger partial charge in [0.2, 0.25) is 0 Å². The van der Waals surface area contributed by atoms with Gasteiger partial charge in [-0.25, -0.2) is 4.79 Å². The fourth-order valence-electron chi connectivity index (χ4n) is 8.18. The van der Waals surface area contributed by atoms with Gasteiger partial charge in [0, 0.05) is 38.0 Å². The van der Waals surface area contributed by atoms with Gasteiger partial charge in [-0.1, -0.05) is 84.0 Å². The lowest BCUT2D eigenvalue weighted by molar-refractivity contribution is -0.290. The van der Waals surface area contributed by atoms with Gasteiger partial charge in [-0.15, -0.1) is 0 Å². The summed E-state index contributed by atoms with van der Waals surface area (Å²) in [7, 11) is 2.53. The molecule has 0 aromatic heterocycles. The zero-order valence-corrected chi connectivity index (χ0v) is 26.9. The van der Waals surface area contributed by atoms with Crippen LogP contribution in [0.2, 0.25) is 0 Å². The molecule has 0 spiro atoms. The summed E-state index contributed by atoms with van der Waals surface area (Å²) in [5.41, 5.74) is -2.44. The molecule has 0 unspecified atom stereocenters. The van der Waals surface area contributed by atoms with E-state index in [9.17, 15) is 18.0 Å². The number of benzene rings is 2. The fraction of sp³-hybridized carbons (Fsp3) is 0.486. The standard InChI is InChI=1S/C37H43F3O5/c1-26(2)17-19-32-22-30(44-31(41)35(42-5,37(38,39)40)29-15-11-8-12-16-29)23-33(20-18-27(3)4)25-34(24-32,45-36(32,33)43-6)21-28-13-9-7-10-14-28/h7-18,22H,19-21,23-25H2,1-6H3/t32-,33+,34+,35+,36+/m0/s1. The number of methoxy groups -OCH3 is 2. The number of carbonyl (C=O) groups is 1. The molecular formula is C37H43F3O5. The molecule has 0 saturated carbocycles. The molecule has 2 bridgehead atoms. The van der Waals surface area contributed by atoms with Crippen molar-refractivity contribution < 1.29 is 36.9 Å². The third-order valence-electron chi connectivity index (χ3n) is 9.79. The predicted molar refractivity (Wildman–Crippen MR) is 166 cm³/mol. The highest BCUT2D eigenvalue weighted by Crippen LogP contribution is 2.75. The second-order valence-electron chi connectivity index (χ2n) is 13.5. The average Bonchev–Trinajstić information content (AvgIpc) is 3.42. The number of ether oxygens (including phenoxy) is 4. The molecule has 1 aliphatic carbocycles. The molecule has 2 aromatic carbocycles. The van der Waals surface area contributed by atoms with Crippen molar-refractivity contribution in [1.82, 2.24) is 0 Å². The van der Waals surface area contributed by atoms with Crippen LogP contribution in [0.25, 0.3) is 0 Å². The van der Waals surface area contributed by atoms with Gasteiger partial charge in [0.1, 0.15) is 5.76 Å². The maximum absolute atomic E-state index is 14.8. The van der Waals surface area contributed by atoms with Crippen molar-refractivity contribution in [2.24, 2.45) is 10.8 Å². The second kappa shape index (κ2) is 11.9. The van der Waals surface area contributed by atoms with Gasteiger partial charge in [-0.3, -0.25) is 0 Å². The fourth-order valence-corrected chi connectivity index (χ4v) is 8.18. The van der Waals surface area contributed by atoms with Crippen molar-refractivity contribution in [3.05, 3.63) is 107 Å². The smallest absolute Gasteiger partial charge is 0.429 e. The molecule has 8 heteroatoms. The van der Waals surface area contributed by atoms with E-state index in [1.165, 1.54) is 24.3 Å². The molecule has 0 amide bonds. The van der Waals surface area contributed by atoms with Crippen LogP contribution in [-0.2, 0) is 35.8 Å². The number of fused-ring (bicyclic) bond motifs is 1. The van der Waals surface area contributed by atoms with Crippen LogP contribution in [0, 0.1) is 10.8 Å². The lowest BCUT2D eigenvalue weighted by atomic mass is 9.49. The largest absolute Gasteiger partial charge is 0.432 e. The quantitative estimate of drug-likeness (QED) is 0.185. The third kappa shape index (κ3) is 5.38. The molecule has 3 aliphatic rings. The van der Waals surface area contributed by atoms with Crippen LogP contribution in [0.3, 0.4) is 0 Å². The average molecular weight is 625 g/mol. The zero-order valence-electron chi connectivity index (χ0n) is 26.9. The Morgan fingerprint density at radius 1 is 0.889 bits per heavy atom. The SMILES string of the molecule is CO[C@@]12O[C@]3(Cc4ccccc4)C[C@]1(CC=C(C)C)C=C(OC(=O)[C@](OC)(c1ccccc1)C(F)(F)F)C[C@]2(CC=C(C)C)C3. The van der Waals surface area contributed by atoms with Gasteiger partial charge in [0.25, 0.3) is 5.60 Å². The molecule has 45 heavy (non-hydrogen) atoms. The number of esters is 1. The highest BCUT2D eigenvalue weighted by Gasteiger charge is 2.80. The lowest BCUT2D eigenvalue weighted by Crippen LogP contribution is -2.61. The van der Waals surface area contributed by atoms with Gasteiger partial charge < -0.3 is 18.9 Å². The maximum Gasteiger partial charge on any atom is 0.432 e. The molecule has 242 valence electrons. The highest BCUT2D eigenvalue weighted by molar-refractivity contribution is 5.83. The number of alkyl halides is 3. The van der Waals surface area contributed by atoms with Crippen LogP contribution in [-0.4, -0.2) is 37.8 Å². The number of rotatable bonds is 11. The van der Waals surface area contributed by atoms with E-state index >= 15 is 0 Å². The van der Waals surface area contributed by atoms with Crippen LogP contribution >= 0.6 is 0 Å². The van der Waals surface area contributed by atoms with E-state index in [-0.39, 0.29) is 17.7 Å². The minimum absolute atomic E-state index is 0.163. The molecule has 2 heterocycles. The van der Waals surface area contributed by atoms with Crippen LogP contribution in [0.5, 0.6) is 0 Å². The molecule has 0 N–H and O–H groups in total. The van der Waals surface area contributed by atoms with E-state index < -0.39 is 40.0 Å². The molecule has 5 atom stereocenters. The van der Waals surface area contributed by atoms with E-state index in [0.717, 1.165) is 23.8 Å². The van der Waals surface area contributed by atoms with Gasteiger partial charge in [0.15, 0.2) is 5.79 Å². The topological polar surface area (TPSA) is 54.0 Å². The Labute approximate surface area is 264 Å². The molecule has 2 saturated heterocycles. The lowest BCUT2D eigenvalue weighted by Gasteiger charge is -2.56. The first-order valence-corrected chi connectivity index (χ1v) is 15.4. The Hall–Kier alpha value is -3.20. The predicted octanol–water partition coefficient (Wildman–Crippen LogP) is 8.76. The van der Waals surface area contributed by atoms with E-state index in [1.54, 1.807) is 13.2 Å². The number of hydrogen-bond donors (Lipinski definition) is 0. The summed E-state index contributed by atoms with van der Waals surface area (Å²) in [5.74, 6) is -2.44. The second-order valence-corrected chi connectivity index (χ2v) is 13.5. The third-order valence-corrected chi connectivity index (χ3v) is 9.79. The van der Waals surface area contributed by atoms with Crippen LogP contribution < -0.4 is 0 Å². The van der Waals surface area contributed by atoms with E-state index in [0.29, 0.717) is 32.1 Å². The van der Waals surface area contributed by atoms with E-state index in [1.807, 2.05) is 52.0 Å². The Kier molecular flexibility index (Phi) is 8.75. The first-order chi connectivity index (χ1) is 21.2. The molecule has 2 aromatic rings. The minimum Gasteiger partial charge on any atom is -0.429 e. The van der Waals surface area contributed by atoms with Crippen molar-refractivity contribution in [2.45, 2.75) is 89.4 Å². The Bertz CT molecular complexity index is 1490.